The molecule has 6 heteroatoms. The highest BCUT2D eigenvalue weighted by atomic mass is 16.6. The molecule has 2 aliphatic heterocycles. The maximum Gasteiger partial charge on any atom is 0.269 e. The number of carbonyl (C=O) groups is 1. The van der Waals surface area contributed by atoms with Crippen molar-refractivity contribution in [2.75, 3.05) is 6.54 Å². The Morgan fingerprint density at radius 3 is 2.42 bits per heavy atom. The van der Waals surface area contributed by atoms with Gasteiger partial charge in [-0.2, -0.15) is 0 Å². The number of rotatable bonds is 5. The fourth-order valence-corrected chi connectivity index (χ4v) is 4.22. The number of nitro benzene ring substituents is 1. The number of fused-ring (bicyclic) bond motifs is 2. The lowest BCUT2D eigenvalue weighted by Gasteiger charge is -2.49. The van der Waals surface area contributed by atoms with Crippen LogP contribution >= 0.6 is 0 Å². The Bertz CT molecular complexity index is 588. The first-order chi connectivity index (χ1) is 11.6. The number of carbonyl (C=O) groups excluding carboxylic acids is 1. The summed E-state index contributed by atoms with van der Waals surface area (Å²) in [7, 11) is 0. The molecular formula is C18H25N3O3. The molecule has 24 heavy (non-hydrogen) atoms. The lowest BCUT2D eigenvalue weighted by Crippen LogP contribution is -2.57. The van der Waals surface area contributed by atoms with Crippen LogP contribution in [0.15, 0.2) is 24.3 Å². The number of nitrogens with zero attached hydrogens (tertiary/aromatic N) is 2. The summed E-state index contributed by atoms with van der Waals surface area (Å²) in [6.07, 6.45) is 6.93. The minimum atomic E-state index is -0.452. The Balaban J connectivity index is 1.62. The lowest BCUT2D eigenvalue weighted by atomic mass is 9.81. The molecule has 0 radical (unpaired) electrons. The minimum Gasteiger partial charge on any atom is -0.349 e. The van der Waals surface area contributed by atoms with Crippen molar-refractivity contribution in [2.45, 2.75) is 63.6 Å². The average molecular weight is 331 g/mol. The van der Waals surface area contributed by atoms with Crippen molar-refractivity contribution in [3.05, 3.63) is 39.9 Å². The van der Waals surface area contributed by atoms with E-state index in [-0.39, 0.29) is 17.6 Å². The van der Waals surface area contributed by atoms with Crippen LogP contribution in [0.4, 0.5) is 5.69 Å². The fourth-order valence-electron chi connectivity index (χ4n) is 4.22. The number of amides is 1. The van der Waals surface area contributed by atoms with Gasteiger partial charge in [0.05, 0.1) is 4.92 Å². The molecule has 1 amide bonds. The number of hydrogen-bond acceptors (Lipinski definition) is 4. The van der Waals surface area contributed by atoms with Crippen LogP contribution < -0.4 is 5.32 Å². The molecular weight excluding hydrogens is 306 g/mol. The number of non-ortho nitro benzene ring substituents is 1. The third kappa shape index (κ3) is 3.59. The molecule has 0 aromatic heterocycles. The third-order valence-corrected chi connectivity index (χ3v) is 5.28. The zero-order valence-electron chi connectivity index (χ0n) is 14.1. The zero-order chi connectivity index (χ0) is 17.1. The first kappa shape index (κ1) is 16.9. The van der Waals surface area contributed by atoms with Crippen molar-refractivity contribution in [3.8, 4) is 0 Å². The van der Waals surface area contributed by atoms with Crippen molar-refractivity contribution in [1.82, 2.24) is 10.2 Å². The van der Waals surface area contributed by atoms with E-state index in [0.717, 1.165) is 19.4 Å². The second-order valence-corrected chi connectivity index (χ2v) is 6.92. The highest BCUT2D eigenvalue weighted by Crippen LogP contribution is 2.34. The van der Waals surface area contributed by atoms with Gasteiger partial charge in [-0.25, -0.2) is 0 Å². The lowest BCUT2D eigenvalue weighted by molar-refractivity contribution is -0.384. The van der Waals surface area contributed by atoms with E-state index in [1.807, 2.05) is 0 Å². The molecule has 1 aromatic carbocycles. The molecule has 2 heterocycles. The molecule has 6 nitrogen and oxygen atoms in total. The van der Waals surface area contributed by atoms with Crippen LogP contribution in [0.3, 0.4) is 0 Å². The summed E-state index contributed by atoms with van der Waals surface area (Å²) in [6, 6.07) is 7.19. The number of nitro groups is 1. The van der Waals surface area contributed by atoms with Crippen molar-refractivity contribution in [2.24, 2.45) is 0 Å². The largest absolute Gasteiger partial charge is 0.349 e. The molecule has 3 atom stereocenters. The summed E-state index contributed by atoms with van der Waals surface area (Å²) in [5.41, 5.74) is 0.496. The smallest absolute Gasteiger partial charge is 0.269 e. The molecule has 2 bridgehead atoms. The molecule has 1 aromatic rings. The van der Waals surface area contributed by atoms with Crippen LogP contribution in [-0.2, 0) is 0 Å². The zero-order valence-corrected chi connectivity index (χ0v) is 14.1. The van der Waals surface area contributed by atoms with Crippen molar-refractivity contribution in [1.29, 1.82) is 0 Å². The van der Waals surface area contributed by atoms with Crippen molar-refractivity contribution < 1.29 is 9.72 Å². The van der Waals surface area contributed by atoms with Gasteiger partial charge in [-0.05, 0) is 50.8 Å². The molecule has 1 unspecified atom stereocenters. The number of piperidine rings is 2. The van der Waals surface area contributed by atoms with Crippen LogP contribution in [0, 0.1) is 10.1 Å². The van der Waals surface area contributed by atoms with Gasteiger partial charge in [-0.15, -0.1) is 0 Å². The Hall–Kier alpha value is -1.95. The SMILES string of the molecule is CCCN1[C@@H]2CCC[C@H]1CC(NC(=O)c1ccc([N+](=O)[O-])cc1)C2. The topological polar surface area (TPSA) is 75.5 Å². The van der Waals surface area contributed by atoms with Crippen LogP contribution in [0.1, 0.15) is 55.8 Å². The van der Waals surface area contributed by atoms with E-state index in [4.69, 9.17) is 0 Å². The summed E-state index contributed by atoms with van der Waals surface area (Å²) >= 11 is 0. The van der Waals surface area contributed by atoms with E-state index in [1.165, 1.54) is 49.9 Å². The van der Waals surface area contributed by atoms with Gasteiger partial charge in [0, 0.05) is 35.8 Å². The summed E-state index contributed by atoms with van der Waals surface area (Å²) in [6.45, 7) is 3.37. The molecule has 0 spiro atoms. The van der Waals surface area contributed by atoms with E-state index in [9.17, 15) is 14.9 Å². The predicted molar refractivity (Wildman–Crippen MR) is 92.0 cm³/mol. The Morgan fingerprint density at radius 2 is 1.88 bits per heavy atom. The van der Waals surface area contributed by atoms with Crippen LogP contribution in [0.2, 0.25) is 0 Å². The van der Waals surface area contributed by atoms with Gasteiger partial charge in [0.1, 0.15) is 0 Å². The number of benzene rings is 1. The van der Waals surface area contributed by atoms with E-state index < -0.39 is 4.92 Å². The molecule has 0 aliphatic carbocycles. The normalized spacial score (nSPS) is 26.8. The standard InChI is InChI=1S/C18H25N3O3/c1-2-10-20-16-4-3-5-17(20)12-14(11-16)19-18(22)13-6-8-15(9-7-13)21(23)24/h6-9,14,16-17H,2-5,10-12H2,1H3,(H,19,22)/t14?,16-,17+. The summed E-state index contributed by atoms with van der Waals surface area (Å²) in [5.74, 6) is -0.128. The van der Waals surface area contributed by atoms with Gasteiger partial charge in [0.25, 0.3) is 11.6 Å². The highest BCUT2D eigenvalue weighted by Gasteiger charge is 2.38. The summed E-state index contributed by atoms with van der Waals surface area (Å²) < 4.78 is 0. The Labute approximate surface area is 142 Å². The van der Waals surface area contributed by atoms with Crippen molar-refractivity contribution in [3.63, 3.8) is 0 Å². The van der Waals surface area contributed by atoms with Gasteiger partial charge in [0.15, 0.2) is 0 Å². The maximum absolute atomic E-state index is 12.4. The maximum atomic E-state index is 12.4. The molecule has 130 valence electrons. The van der Waals surface area contributed by atoms with Crippen LogP contribution in [0.5, 0.6) is 0 Å². The second-order valence-electron chi connectivity index (χ2n) is 6.92. The van der Waals surface area contributed by atoms with Gasteiger partial charge >= 0.3 is 0 Å². The quantitative estimate of drug-likeness (QED) is 0.664. The van der Waals surface area contributed by atoms with Gasteiger partial charge in [-0.1, -0.05) is 13.3 Å². The van der Waals surface area contributed by atoms with E-state index >= 15 is 0 Å². The first-order valence-corrected chi connectivity index (χ1v) is 8.89. The van der Waals surface area contributed by atoms with Crippen LogP contribution in [0.25, 0.3) is 0 Å². The second kappa shape index (κ2) is 7.30. The van der Waals surface area contributed by atoms with Gasteiger partial charge < -0.3 is 5.32 Å². The summed E-state index contributed by atoms with van der Waals surface area (Å²) in [4.78, 5) is 25.3. The molecule has 2 aliphatic rings. The van der Waals surface area contributed by atoms with E-state index in [2.05, 4.69) is 17.1 Å². The minimum absolute atomic E-state index is 0.00829. The Morgan fingerprint density at radius 1 is 1.25 bits per heavy atom. The monoisotopic (exact) mass is 331 g/mol. The molecule has 2 saturated heterocycles. The van der Waals surface area contributed by atoms with Crippen LogP contribution in [-0.4, -0.2) is 40.4 Å². The third-order valence-electron chi connectivity index (χ3n) is 5.28. The predicted octanol–water partition coefficient (Wildman–Crippen LogP) is 3.12. The molecule has 3 rings (SSSR count). The molecule has 1 N–H and O–H groups in total. The number of hydrogen-bond donors (Lipinski definition) is 1. The average Bonchev–Trinajstić information content (AvgIpc) is 2.55. The van der Waals surface area contributed by atoms with Gasteiger partial charge in [-0.3, -0.25) is 19.8 Å². The number of nitrogens with one attached hydrogen (secondary N) is 1. The highest BCUT2D eigenvalue weighted by molar-refractivity contribution is 5.94. The van der Waals surface area contributed by atoms with Gasteiger partial charge in [0.2, 0.25) is 0 Å². The van der Waals surface area contributed by atoms with Crippen molar-refractivity contribution >= 4 is 11.6 Å². The van der Waals surface area contributed by atoms with E-state index in [0.29, 0.717) is 17.6 Å². The molecule has 0 saturated carbocycles. The first-order valence-electron chi connectivity index (χ1n) is 8.89. The summed E-state index contributed by atoms with van der Waals surface area (Å²) in [5, 5.41) is 13.8. The Kier molecular flexibility index (Phi) is 5.14. The molecule has 2 fully saturated rings. The fraction of sp³-hybridized carbons (Fsp3) is 0.611. The van der Waals surface area contributed by atoms with E-state index in [1.54, 1.807) is 0 Å².